The molecule has 0 radical (unpaired) electrons. The molecule has 0 bridgehead atoms. The van der Waals surface area contributed by atoms with E-state index in [1.54, 1.807) is 12.1 Å². The Kier molecular flexibility index (Phi) is 4.66. The number of non-ortho nitro benzene ring substituents is 1. The second-order valence-corrected chi connectivity index (χ2v) is 7.05. The number of amides is 1. The van der Waals surface area contributed by atoms with E-state index in [9.17, 15) is 14.9 Å². The number of nitrogens with zero attached hydrogens (tertiary/aromatic N) is 3. The number of benzene rings is 2. The quantitative estimate of drug-likeness (QED) is 0.384. The molecule has 2 heterocycles. The van der Waals surface area contributed by atoms with E-state index >= 15 is 0 Å². The Morgan fingerprint density at radius 1 is 1.25 bits per heavy atom. The van der Waals surface area contributed by atoms with Crippen molar-refractivity contribution in [3.63, 3.8) is 0 Å². The van der Waals surface area contributed by atoms with Gasteiger partial charge in [0.15, 0.2) is 16.3 Å². The Labute approximate surface area is 163 Å². The SMILES string of the molecule is Cn1c(=NC(=O)/C=C/c2cccc([N+](=O)[O-])c2)sc2cc3c(cc21)OCCO3. The minimum Gasteiger partial charge on any atom is -0.486 e. The normalized spacial score (nSPS) is 14.0. The molecule has 2 aromatic carbocycles. The van der Waals surface area contributed by atoms with E-state index in [2.05, 4.69) is 4.99 Å². The monoisotopic (exact) mass is 397 g/mol. The maximum absolute atomic E-state index is 12.2. The van der Waals surface area contributed by atoms with Crippen LogP contribution in [0.15, 0.2) is 47.5 Å². The van der Waals surface area contributed by atoms with Crippen molar-refractivity contribution >= 4 is 39.2 Å². The number of nitro groups is 1. The van der Waals surface area contributed by atoms with Crippen LogP contribution in [0.1, 0.15) is 5.56 Å². The zero-order valence-corrected chi connectivity index (χ0v) is 15.6. The number of fused-ring (bicyclic) bond motifs is 2. The predicted octanol–water partition coefficient (Wildman–Crippen LogP) is 3.06. The summed E-state index contributed by atoms with van der Waals surface area (Å²) in [5.41, 5.74) is 1.42. The van der Waals surface area contributed by atoms with Crippen LogP contribution in [0.4, 0.5) is 5.69 Å². The van der Waals surface area contributed by atoms with E-state index in [1.807, 2.05) is 23.7 Å². The fourth-order valence-electron chi connectivity index (χ4n) is 2.81. The Hall–Kier alpha value is -3.46. The number of ether oxygens (including phenoxy) is 2. The topological polar surface area (TPSA) is 96.0 Å². The van der Waals surface area contributed by atoms with E-state index in [1.165, 1.54) is 35.6 Å². The van der Waals surface area contributed by atoms with Gasteiger partial charge in [-0.2, -0.15) is 4.99 Å². The van der Waals surface area contributed by atoms with Crippen molar-refractivity contribution in [3.8, 4) is 11.5 Å². The number of hydrogen-bond donors (Lipinski definition) is 0. The largest absolute Gasteiger partial charge is 0.486 e. The average molecular weight is 397 g/mol. The van der Waals surface area contributed by atoms with Gasteiger partial charge in [-0.05, 0) is 11.6 Å². The van der Waals surface area contributed by atoms with Gasteiger partial charge in [0.25, 0.3) is 11.6 Å². The van der Waals surface area contributed by atoms with Crippen LogP contribution in [0.5, 0.6) is 11.5 Å². The van der Waals surface area contributed by atoms with Gasteiger partial charge in [0.05, 0.1) is 15.1 Å². The highest BCUT2D eigenvalue weighted by Gasteiger charge is 2.15. The highest BCUT2D eigenvalue weighted by atomic mass is 32.1. The number of hydrogen-bond acceptors (Lipinski definition) is 6. The van der Waals surface area contributed by atoms with Crippen LogP contribution in [0.3, 0.4) is 0 Å². The van der Waals surface area contributed by atoms with E-state index in [4.69, 9.17) is 9.47 Å². The van der Waals surface area contributed by atoms with Gasteiger partial charge < -0.3 is 14.0 Å². The lowest BCUT2D eigenvalue weighted by Crippen LogP contribution is -2.15. The highest BCUT2D eigenvalue weighted by molar-refractivity contribution is 7.16. The van der Waals surface area contributed by atoms with Gasteiger partial charge in [-0.25, -0.2) is 0 Å². The Morgan fingerprint density at radius 3 is 2.75 bits per heavy atom. The Balaban J connectivity index is 1.64. The molecular weight excluding hydrogens is 382 g/mol. The molecule has 8 nitrogen and oxygen atoms in total. The zero-order chi connectivity index (χ0) is 19.7. The number of rotatable bonds is 3. The summed E-state index contributed by atoms with van der Waals surface area (Å²) in [4.78, 5) is 27.3. The van der Waals surface area contributed by atoms with Crippen LogP contribution in [0.2, 0.25) is 0 Å². The summed E-state index contributed by atoms with van der Waals surface area (Å²) in [6.07, 6.45) is 2.80. The summed E-state index contributed by atoms with van der Waals surface area (Å²) in [6.45, 7) is 1.01. The second kappa shape index (κ2) is 7.28. The molecule has 0 unspecified atom stereocenters. The number of thiazole rings is 1. The third kappa shape index (κ3) is 3.52. The maximum atomic E-state index is 12.2. The van der Waals surface area contributed by atoms with Gasteiger partial charge in [0, 0.05) is 37.4 Å². The van der Waals surface area contributed by atoms with Crippen LogP contribution < -0.4 is 14.3 Å². The van der Waals surface area contributed by atoms with Crippen molar-refractivity contribution in [3.05, 3.63) is 63.0 Å². The molecule has 0 saturated heterocycles. The molecule has 142 valence electrons. The minimum absolute atomic E-state index is 0.0316. The lowest BCUT2D eigenvalue weighted by Gasteiger charge is -2.18. The molecule has 0 aliphatic carbocycles. The smallest absolute Gasteiger partial charge is 0.272 e. The Bertz CT molecular complexity index is 1190. The number of carbonyl (C=O) groups is 1. The van der Waals surface area contributed by atoms with Crippen LogP contribution in [-0.2, 0) is 11.8 Å². The molecule has 0 spiro atoms. The fourth-order valence-corrected chi connectivity index (χ4v) is 3.85. The number of aromatic nitrogens is 1. The van der Waals surface area contributed by atoms with Crippen molar-refractivity contribution in [2.45, 2.75) is 0 Å². The number of nitro benzene ring substituents is 1. The van der Waals surface area contributed by atoms with Gasteiger partial charge in [-0.3, -0.25) is 14.9 Å². The summed E-state index contributed by atoms with van der Waals surface area (Å²) in [7, 11) is 1.82. The third-order valence-electron chi connectivity index (χ3n) is 4.18. The van der Waals surface area contributed by atoms with Gasteiger partial charge in [0.2, 0.25) is 0 Å². The molecule has 0 N–H and O–H groups in total. The number of carbonyl (C=O) groups excluding carboxylic acids is 1. The van der Waals surface area contributed by atoms with Crippen molar-refractivity contribution in [2.24, 2.45) is 12.0 Å². The third-order valence-corrected chi connectivity index (χ3v) is 5.27. The van der Waals surface area contributed by atoms with Gasteiger partial charge in [0.1, 0.15) is 13.2 Å². The molecule has 1 aromatic heterocycles. The van der Waals surface area contributed by atoms with Crippen LogP contribution in [-0.4, -0.2) is 28.6 Å². The molecule has 0 fully saturated rings. The van der Waals surface area contributed by atoms with Crippen LogP contribution >= 0.6 is 11.3 Å². The van der Waals surface area contributed by atoms with Crippen molar-refractivity contribution in [1.29, 1.82) is 0 Å². The first-order valence-electron chi connectivity index (χ1n) is 8.42. The summed E-state index contributed by atoms with van der Waals surface area (Å²) in [6, 6.07) is 9.80. The Morgan fingerprint density at radius 2 is 2.00 bits per heavy atom. The molecule has 3 aromatic rings. The maximum Gasteiger partial charge on any atom is 0.272 e. The molecule has 1 aliphatic rings. The van der Waals surface area contributed by atoms with E-state index < -0.39 is 10.8 Å². The summed E-state index contributed by atoms with van der Waals surface area (Å²) in [5.74, 6) is 0.908. The molecule has 9 heteroatoms. The molecule has 1 amide bonds. The van der Waals surface area contributed by atoms with Crippen molar-refractivity contribution in [2.75, 3.05) is 13.2 Å². The van der Waals surface area contributed by atoms with Gasteiger partial charge >= 0.3 is 0 Å². The lowest BCUT2D eigenvalue weighted by molar-refractivity contribution is -0.384. The summed E-state index contributed by atoms with van der Waals surface area (Å²) < 4.78 is 13.9. The second-order valence-electron chi connectivity index (χ2n) is 6.04. The molecule has 0 saturated carbocycles. The van der Waals surface area contributed by atoms with Gasteiger partial charge in [-0.1, -0.05) is 23.5 Å². The highest BCUT2D eigenvalue weighted by Crippen LogP contribution is 2.35. The predicted molar refractivity (Wildman–Crippen MR) is 104 cm³/mol. The van der Waals surface area contributed by atoms with Crippen LogP contribution in [0.25, 0.3) is 16.3 Å². The van der Waals surface area contributed by atoms with Crippen LogP contribution in [0, 0.1) is 10.1 Å². The molecule has 0 atom stereocenters. The summed E-state index contributed by atoms with van der Waals surface area (Å²) in [5, 5.41) is 10.8. The van der Waals surface area contributed by atoms with E-state index in [0.717, 1.165) is 10.2 Å². The molecule has 28 heavy (non-hydrogen) atoms. The van der Waals surface area contributed by atoms with Crippen molar-refractivity contribution < 1.29 is 19.2 Å². The molecule has 4 rings (SSSR count). The first-order valence-corrected chi connectivity index (χ1v) is 9.23. The average Bonchev–Trinajstić information content (AvgIpc) is 2.99. The zero-order valence-electron chi connectivity index (χ0n) is 14.8. The minimum atomic E-state index is -0.478. The first kappa shape index (κ1) is 17.9. The van der Waals surface area contributed by atoms with Crippen molar-refractivity contribution in [1.82, 2.24) is 4.57 Å². The molecule has 1 aliphatic heterocycles. The first-order chi connectivity index (χ1) is 13.5. The standard InChI is InChI=1S/C19H15N3O5S/c1-21-14-10-15-16(27-8-7-26-15)11-17(14)28-19(21)20-18(23)6-5-12-3-2-4-13(9-12)22(24)25/h2-6,9-11H,7-8H2,1H3/b6-5+,20-19?. The fraction of sp³-hybridized carbons (Fsp3) is 0.158. The van der Waals surface area contributed by atoms with E-state index in [-0.39, 0.29) is 5.69 Å². The van der Waals surface area contributed by atoms with E-state index in [0.29, 0.717) is 35.1 Å². The molecular formula is C19H15N3O5S. The summed E-state index contributed by atoms with van der Waals surface area (Å²) >= 11 is 1.37. The van der Waals surface area contributed by atoms with Gasteiger partial charge in [-0.15, -0.1) is 0 Å². The number of aryl methyl sites for hydroxylation is 1. The lowest BCUT2D eigenvalue weighted by atomic mass is 10.2.